The van der Waals surface area contributed by atoms with E-state index < -0.39 is 0 Å². The summed E-state index contributed by atoms with van der Waals surface area (Å²) >= 11 is 1.67. The summed E-state index contributed by atoms with van der Waals surface area (Å²) in [5.74, 6) is 0.171. The number of nitrogens with zero attached hydrogens (tertiary/aromatic N) is 1. The quantitative estimate of drug-likeness (QED) is 0.662. The Labute approximate surface area is 96.9 Å². The summed E-state index contributed by atoms with van der Waals surface area (Å²) in [6.45, 7) is 10.9. The van der Waals surface area contributed by atoms with Crippen molar-refractivity contribution in [1.29, 1.82) is 0 Å². The number of hydrogen-bond donors (Lipinski definition) is 0. The predicted octanol–water partition coefficient (Wildman–Crippen LogP) is 3.69. The maximum atomic E-state index is 11.3. The molecule has 1 aliphatic rings. The molecule has 3 heteroatoms. The van der Waals surface area contributed by atoms with Gasteiger partial charge in [0.25, 0.3) is 5.91 Å². The molecule has 0 aliphatic carbocycles. The maximum absolute atomic E-state index is 11.3. The van der Waals surface area contributed by atoms with Crippen molar-refractivity contribution in [2.24, 2.45) is 0 Å². The van der Waals surface area contributed by atoms with E-state index in [2.05, 4.69) is 6.92 Å². The van der Waals surface area contributed by atoms with Gasteiger partial charge in [-0.1, -0.05) is 27.7 Å². The zero-order valence-electron chi connectivity index (χ0n) is 10.5. The molecular weight excluding hydrogens is 206 g/mol. The van der Waals surface area contributed by atoms with Crippen LogP contribution in [0.5, 0.6) is 0 Å². The van der Waals surface area contributed by atoms with Gasteiger partial charge in [-0.25, -0.2) is 0 Å². The Balaban J connectivity index is 0.000000442. The molecule has 0 saturated heterocycles. The van der Waals surface area contributed by atoms with Crippen molar-refractivity contribution in [3.05, 3.63) is 21.4 Å². The molecule has 0 radical (unpaired) electrons. The Kier molecular flexibility index (Phi) is 6.25. The third-order valence-electron chi connectivity index (χ3n) is 2.08. The molecular formula is C12H21NOS. The van der Waals surface area contributed by atoms with Gasteiger partial charge in [-0.15, -0.1) is 11.3 Å². The Bertz CT molecular complexity index is 317. The fourth-order valence-electron chi connectivity index (χ4n) is 1.37. The molecule has 0 unspecified atom stereocenters. The lowest BCUT2D eigenvalue weighted by molar-refractivity contribution is 0.0816. The standard InChI is InChI=1S/C8H9NOS.2C2H6/c1-5-6-3-9(2)8(10)7(6)4-11-5;2*1-2/h4H,3H2,1-2H3;2*1-2H3. The van der Waals surface area contributed by atoms with E-state index >= 15 is 0 Å². The van der Waals surface area contributed by atoms with Gasteiger partial charge < -0.3 is 4.90 Å². The first kappa shape index (κ1) is 14.2. The van der Waals surface area contributed by atoms with Crippen LogP contribution < -0.4 is 0 Å². The van der Waals surface area contributed by atoms with Crippen LogP contribution in [0, 0.1) is 6.92 Å². The van der Waals surface area contributed by atoms with E-state index in [1.54, 1.807) is 16.2 Å². The molecule has 1 amide bonds. The lowest BCUT2D eigenvalue weighted by Crippen LogP contribution is -2.17. The van der Waals surface area contributed by atoms with Gasteiger partial charge in [0.15, 0.2) is 0 Å². The molecule has 0 N–H and O–H groups in total. The summed E-state index contributed by atoms with van der Waals surface area (Å²) in [6.07, 6.45) is 0. The van der Waals surface area contributed by atoms with E-state index in [0.29, 0.717) is 0 Å². The minimum absolute atomic E-state index is 0.171. The SMILES string of the molecule is CC.CC.Cc1scc2c1CN(C)C2=O. The normalized spacial score (nSPS) is 12.4. The van der Waals surface area contributed by atoms with Gasteiger partial charge in [0.1, 0.15) is 0 Å². The van der Waals surface area contributed by atoms with Crippen LogP contribution in [0.25, 0.3) is 0 Å². The van der Waals surface area contributed by atoms with Crippen molar-refractivity contribution in [3.8, 4) is 0 Å². The summed E-state index contributed by atoms with van der Waals surface area (Å²) in [7, 11) is 1.84. The Morgan fingerprint density at radius 3 is 2.27 bits per heavy atom. The largest absolute Gasteiger partial charge is 0.337 e. The summed E-state index contributed by atoms with van der Waals surface area (Å²) in [4.78, 5) is 14.4. The highest BCUT2D eigenvalue weighted by Crippen LogP contribution is 2.29. The van der Waals surface area contributed by atoms with Crippen LogP contribution in [0.1, 0.15) is 48.5 Å². The average Bonchev–Trinajstić information content (AvgIpc) is 2.78. The lowest BCUT2D eigenvalue weighted by Gasteiger charge is -2.05. The predicted molar refractivity (Wildman–Crippen MR) is 67.5 cm³/mol. The fourth-order valence-corrected chi connectivity index (χ4v) is 2.22. The van der Waals surface area contributed by atoms with Crippen molar-refractivity contribution < 1.29 is 4.79 Å². The molecule has 1 aromatic heterocycles. The highest BCUT2D eigenvalue weighted by Gasteiger charge is 2.26. The van der Waals surface area contributed by atoms with E-state index in [1.807, 2.05) is 40.1 Å². The van der Waals surface area contributed by atoms with Gasteiger partial charge in [0.05, 0.1) is 5.56 Å². The van der Waals surface area contributed by atoms with Crippen LogP contribution in [-0.2, 0) is 6.54 Å². The van der Waals surface area contributed by atoms with Crippen LogP contribution in [0.2, 0.25) is 0 Å². The zero-order chi connectivity index (χ0) is 12.0. The molecule has 2 rings (SSSR count). The maximum Gasteiger partial charge on any atom is 0.255 e. The molecule has 0 fully saturated rings. The van der Waals surface area contributed by atoms with Crippen molar-refractivity contribution in [1.82, 2.24) is 4.90 Å². The van der Waals surface area contributed by atoms with E-state index in [-0.39, 0.29) is 5.91 Å². The molecule has 2 heterocycles. The van der Waals surface area contributed by atoms with Crippen molar-refractivity contribution >= 4 is 17.2 Å². The van der Waals surface area contributed by atoms with E-state index in [0.717, 1.165) is 12.1 Å². The second-order valence-corrected chi connectivity index (χ2v) is 3.93. The minimum atomic E-state index is 0.171. The number of fused-ring (bicyclic) bond motifs is 1. The van der Waals surface area contributed by atoms with E-state index in [9.17, 15) is 4.79 Å². The molecule has 0 saturated carbocycles. The first-order chi connectivity index (χ1) is 7.20. The molecule has 0 aromatic carbocycles. The van der Waals surface area contributed by atoms with Crippen LogP contribution in [-0.4, -0.2) is 17.9 Å². The molecule has 0 atom stereocenters. The van der Waals surface area contributed by atoms with Gasteiger partial charge in [0, 0.05) is 23.8 Å². The first-order valence-corrected chi connectivity index (χ1v) is 6.40. The summed E-state index contributed by atoms with van der Waals surface area (Å²) in [5.41, 5.74) is 2.14. The number of aryl methyl sites for hydroxylation is 1. The molecule has 1 aromatic rings. The van der Waals surface area contributed by atoms with Crippen molar-refractivity contribution in [2.75, 3.05) is 7.05 Å². The number of carbonyl (C=O) groups excluding carboxylic acids is 1. The summed E-state index contributed by atoms with van der Waals surface area (Å²) in [5, 5.41) is 1.95. The fraction of sp³-hybridized carbons (Fsp3) is 0.583. The Morgan fingerprint density at radius 2 is 1.80 bits per heavy atom. The van der Waals surface area contributed by atoms with Gasteiger partial charge in [0.2, 0.25) is 0 Å². The molecule has 0 spiro atoms. The second kappa shape index (κ2) is 6.62. The first-order valence-electron chi connectivity index (χ1n) is 5.52. The van der Waals surface area contributed by atoms with E-state index in [1.165, 1.54) is 10.4 Å². The summed E-state index contributed by atoms with van der Waals surface area (Å²) < 4.78 is 0. The third kappa shape index (κ3) is 2.81. The second-order valence-electron chi connectivity index (χ2n) is 2.85. The molecule has 1 aliphatic heterocycles. The van der Waals surface area contributed by atoms with Gasteiger partial charge >= 0.3 is 0 Å². The lowest BCUT2D eigenvalue weighted by atomic mass is 10.2. The average molecular weight is 227 g/mol. The number of rotatable bonds is 0. The number of amides is 1. The summed E-state index contributed by atoms with van der Waals surface area (Å²) in [6, 6.07) is 0. The van der Waals surface area contributed by atoms with Crippen molar-refractivity contribution in [2.45, 2.75) is 41.2 Å². The highest BCUT2D eigenvalue weighted by molar-refractivity contribution is 7.10. The molecule has 2 nitrogen and oxygen atoms in total. The number of thiophene rings is 1. The smallest absolute Gasteiger partial charge is 0.255 e. The Hall–Kier alpha value is -0.830. The topological polar surface area (TPSA) is 20.3 Å². The van der Waals surface area contributed by atoms with Crippen LogP contribution in [0.4, 0.5) is 0 Å². The zero-order valence-corrected chi connectivity index (χ0v) is 11.4. The van der Waals surface area contributed by atoms with Crippen LogP contribution in [0.3, 0.4) is 0 Å². The number of hydrogen-bond acceptors (Lipinski definition) is 2. The van der Waals surface area contributed by atoms with E-state index in [4.69, 9.17) is 0 Å². The Morgan fingerprint density at radius 1 is 1.27 bits per heavy atom. The molecule has 0 bridgehead atoms. The van der Waals surface area contributed by atoms with Gasteiger partial charge in [-0.2, -0.15) is 0 Å². The van der Waals surface area contributed by atoms with Gasteiger partial charge in [-0.05, 0) is 12.5 Å². The van der Waals surface area contributed by atoms with Gasteiger partial charge in [-0.3, -0.25) is 4.79 Å². The molecule has 86 valence electrons. The van der Waals surface area contributed by atoms with Crippen LogP contribution in [0.15, 0.2) is 5.38 Å². The minimum Gasteiger partial charge on any atom is -0.337 e. The van der Waals surface area contributed by atoms with Crippen molar-refractivity contribution in [3.63, 3.8) is 0 Å². The number of carbonyl (C=O) groups is 1. The monoisotopic (exact) mass is 227 g/mol. The van der Waals surface area contributed by atoms with Crippen LogP contribution >= 0.6 is 11.3 Å². The third-order valence-corrected chi connectivity index (χ3v) is 3.03. The highest BCUT2D eigenvalue weighted by atomic mass is 32.1. The molecule has 15 heavy (non-hydrogen) atoms.